The van der Waals surface area contributed by atoms with Crippen LogP contribution in [0.1, 0.15) is 17.5 Å². The fourth-order valence-electron chi connectivity index (χ4n) is 1.87. The van der Waals surface area contributed by atoms with Gasteiger partial charge in [-0.15, -0.1) is 0 Å². The predicted octanol–water partition coefficient (Wildman–Crippen LogP) is 2.83. The molecule has 1 rings (SSSR count). The van der Waals surface area contributed by atoms with Crippen molar-refractivity contribution < 1.29 is 18.3 Å². The molecule has 0 radical (unpaired) electrons. The van der Waals surface area contributed by atoms with E-state index >= 15 is 0 Å². The van der Waals surface area contributed by atoms with Gasteiger partial charge < -0.3 is 10.8 Å². The molecular formula is C13H18F3NOS. The Balaban J connectivity index is 2.82. The monoisotopic (exact) mass is 293 g/mol. The first-order valence-corrected chi connectivity index (χ1v) is 6.90. The molecule has 0 aliphatic rings. The van der Waals surface area contributed by atoms with Gasteiger partial charge in [0.1, 0.15) is 0 Å². The number of aryl methyl sites for hydroxylation is 1. The number of rotatable bonds is 6. The van der Waals surface area contributed by atoms with Crippen LogP contribution in [-0.2, 0) is 5.41 Å². The van der Waals surface area contributed by atoms with E-state index in [9.17, 15) is 18.3 Å². The SMILES string of the molecule is Cc1ccc(C(CN)(CO)CCSC(F)(F)F)cc1. The van der Waals surface area contributed by atoms with Gasteiger partial charge in [0, 0.05) is 17.7 Å². The van der Waals surface area contributed by atoms with Crippen molar-refractivity contribution in [3.63, 3.8) is 0 Å². The first-order valence-electron chi connectivity index (χ1n) is 5.92. The third-order valence-corrected chi connectivity index (χ3v) is 3.94. The minimum Gasteiger partial charge on any atom is -0.395 e. The summed E-state index contributed by atoms with van der Waals surface area (Å²) in [7, 11) is 0. The second-order valence-corrected chi connectivity index (χ2v) is 5.71. The minimum absolute atomic E-state index is 0.0777. The van der Waals surface area contributed by atoms with Gasteiger partial charge >= 0.3 is 5.51 Å². The van der Waals surface area contributed by atoms with Crippen molar-refractivity contribution in [2.45, 2.75) is 24.3 Å². The maximum atomic E-state index is 12.2. The summed E-state index contributed by atoms with van der Waals surface area (Å²) in [5.41, 5.74) is 2.48. The topological polar surface area (TPSA) is 46.2 Å². The van der Waals surface area contributed by atoms with Crippen molar-refractivity contribution in [3.8, 4) is 0 Å². The lowest BCUT2D eigenvalue weighted by molar-refractivity contribution is -0.0329. The zero-order valence-electron chi connectivity index (χ0n) is 10.7. The van der Waals surface area contributed by atoms with E-state index in [1.807, 2.05) is 31.2 Å². The molecule has 0 aliphatic heterocycles. The van der Waals surface area contributed by atoms with E-state index in [0.717, 1.165) is 11.1 Å². The number of hydrogen-bond acceptors (Lipinski definition) is 3. The Morgan fingerprint density at radius 1 is 1.21 bits per heavy atom. The molecular weight excluding hydrogens is 275 g/mol. The highest BCUT2D eigenvalue weighted by Crippen LogP contribution is 2.35. The standard InChI is InChI=1S/C13H18F3NOS/c1-10-2-4-11(5-3-10)12(8-17,9-18)6-7-19-13(14,15)16/h2-5,18H,6-9,17H2,1H3. The Bertz CT molecular complexity index is 388. The lowest BCUT2D eigenvalue weighted by Crippen LogP contribution is -2.39. The first kappa shape index (κ1) is 16.3. The van der Waals surface area contributed by atoms with Crippen LogP contribution in [0.15, 0.2) is 24.3 Å². The molecule has 0 bridgehead atoms. The van der Waals surface area contributed by atoms with Gasteiger partial charge in [0.05, 0.1) is 6.61 Å². The summed E-state index contributed by atoms with van der Waals surface area (Å²) >= 11 is -0.0777. The number of hydrogen-bond donors (Lipinski definition) is 2. The molecule has 1 aromatic rings. The van der Waals surface area contributed by atoms with Crippen LogP contribution in [-0.4, -0.2) is 29.5 Å². The van der Waals surface area contributed by atoms with Gasteiger partial charge in [0.25, 0.3) is 0 Å². The van der Waals surface area contributed by atoms with E-state index in [4.69, 9.17) is 5.73 Å². The second kappa shape index (κ2) is 6.63. The van der Waals surface area contributed by atoms with Crippen LogP contribution in [0.5, 0.6) is 0 Å². The van der Waals surface area contributed by atoms with E-state index < -0.39 is 10.9 Å². The summed E-state index contributed by atoms with van der Waals surface area (Å²) < 4.78 is 36.5. The maximum Gasteiger partial charge on any atom is 0.441 e. The molecule has 0 saturated carbocycles. The quantitative estimate of drug-likeness (QED) is 0.848. The van der Waals surface area contributed by atoms with Crippen LogP contribution in [0, 0.1) is 6.92 Å². The van der Waals surface area contributed by atoms with Crippen LogP contribution in [0.3, 0.4) is 0 Å². The van der Waals surface area contributed by atoms with Crippen LogP contribution in [0.4, 0.5) is 13.2 Å². The van der Waals surface area contributed by atoms with E-state index in [1.165, 1.54) is 0 Å². The third-order valence-electron chi connectivity index (χ3n) is 3.20. The number of halogens is 3. The van der Waals surface area contributed by atoms with E-state index in [1.54, 1.807) is 0 Å². The summed E-state index contributed by atoms with van der Waals surface area (Å²) in [4.78, 5) is 0. The average Bonchev–Trinajstić information content (AvgIpc) is 2.35. The Morgan fingerprint density at radius 2 is 1.79 bits per heavy atom. The molecule has 2 nitrogen and oxygen atoms in total. The molecule has 0 heterocycles. The van der Waals surface area contributed by atoms with Gasteiger partial charge in [0.2, 0.25) is 0 Å². The lowest BCUT2D eigenvalue weighted by atomic mass is 9.78. The van der Waals surface area contributed by atoms with Crippen LogP contribution in [0.2, 0.25) is 0 Å². The summed E-state index contributed by atoms with van der Waals surface area (Å²) in [5.74, 6) is -0.116. The molecule has 0 aromatic heterocycles. The fourth-order valence-corrected chi connectivity index (χ4v) is 2.59. The van der Waals surface area contributed by atoms with Crippen LogP contribution >= 0.6 is 11.8 Å². The number of nitrogens with two attached hydrogens (primary N) is 1. The summed E-state index contributed by atoms with van der Waals surface area (Å²) in [6, 6.07) is 7.37. The van der Waals surface area contributed by atoms with E-state index in [0.29, 0.717) is 0 Å². The summed E-state index contributed by atoms with van der Waals surface area (Å²) in [6.45, 7) is 1.78. The van der Waals surface area contributed by atoms with E-state index in [2.05, 4.69) is 0 Å². The molecule has 6 heteroatoms. The average molecular weight is 293 g/mol. The van der Waals surface area contributed by atoms with Crippen LogP contribution in [0.25, 0.3) is 0 Å². The highest BCUT2D eigenvalue weighted by atomic mass is 32.2. The lowest BCUT2D eigenvalue weighted by Gasteiger charge is -2.31. The van der Waals surface area contributed by atoms with Gasteiger partial charge in [-0.2, -0.15) is 13.2 Å². The Kier molecular flexibility index (Phi) is 5.70. The molecule has 0 fully saturated rings. The molecule has 0 spiro atoms. The second-order valence-electron chi connectivity index (χ2n) is 4.55. The first-order chi connectivity index (χ1) is 8.83. The number of benzene rings is 1. The molecule has 1 aromatic carbocycles. The smallest absolute Gasteiger partial charge is 0.395 e. The van der Waals surface area contributed by atoms with Gasteiger partial charge in [-0.25, -0.2) is 0 Å². The minimum atomic E-state index is -4.25. The summed E-state index contributed by atoms with van der Waals surface area (Å²) in [6.07, 6.45) is 0.188. The van der Waals surface area contributed by atoms with Gasteiger partial charge in [-0.3, -0.25) is 0 Å². The van der Waals surface area contributed by atoms with Crippen molar-refractivity contribution in [2.75, 3.05) is 18.9 Å². The highest BCUT2D eigenvalue weighted by molar-refractivity contribution is 8.00. The third kappa shape index (κ3) is 4.71. The molecule has 0 saturated heterocycles. The number of thioether (sulfide) groups is 1. The van der Waals surface area contributed by atoms with E-state index in [-0.39, 0.29) is 37.1 Å². The van der Waals surface area contributed by atoms with Crippen molar-refractivity contribution >= 4 is 11.8 Å². The van der Waals surface area contributed by atoms with Crippen LogP contribution < -0.4 is 5.73 Å². The largest absolute Gasteiger partial charge is 0.441 e. The zero-order valence-corrected chi connectivity index (χ0v) is 11.5. The Labute approximate surface area is 115 Å². The normalized spacial score (nSPS) is 15.3. The molecule has 1 unspecified atom stereocenters. The Hall–Kier alpha value is -0.720. The van der Waals surface area contributed by atoms with Crippen molar-refractivity contribution in [1.29, 1.82) is 0 Å². The summed E-state index contributed by atoms with van der Waals surface area (Å²) in [5, 5.41) is 9.56. The Morgan fingerprint density at radius 3 is 2.21 bits per heavy atom. The maximum absolute atomic E-state index is 12.2. The number of aliphatic hydroxyl groups excluding tert-OH is 1. The van der Waals surface area contributed by atoms with Gasteiger partial charge in [-0.05, 0) is 18.9 Å². The van der Waals surface area contributed by atoms with Crippen molar-refractivity contribution in [1.82, 2.24) is 0 Å². The zero-order chi connectivity index (χ0) is 14.5. The highest BCUT2D eigenvalue weighted by Gasteiger charge is 2.33. The van der Waals surface area contributed by atoms with Crippen molar-refractivity contribution in [3.05, 3.63) is 35.4 Å². The molecule has 19 heavy (non-hydrogen) atoms. The number of aliphatic hydroxyl groups is 1. The number of alkyl halides is 3. The predicted molar refractivity (Wildman–Crippen MR) is 72.1 cm³/mol. The molecule has 1 atom stereocenters. The molecule has 0 aliphatic carbocycles. The van der Waals surface area contributed by atoms with Gasteiger partial charge in [-0.1, -0.05) is 41.6 Å². The fraction of sp³-hybridized carbons (Fsp3) is 0.538. The van der Waals surface area contributed by atoms with Crippen molar-refractivity contribution in [2.24, 2.45) is 5.73 Å². The molecule has 0 amide bonds. The molecule has 108 valence electrons. The molecule has 3 N–H and O–H groups in total. The van der Waals surface area contributed by atoms with Gasteiger partial charge in [0.15, 0.2) is 0 Å².